The zero-order valence-corrected chi connectivity index (χ0v) is 15.8. The third-order valence-corrected chi connectivity index (χ3v) is 4.96. The first-order valence-corrected chi connectivity index (χ1v) is 9.48. The number of aryl methyl sites for hydroxylation is 2. The van der Waals surface area contributed by atoms with E-state index in [-0.39, 0.29) is 17.7 Å². The van der Waals surface area contributed by atoms with Crippen molar-refractivity contribution >= 4 is 17.0 Å². The number of hydrogen-bond acceptors (Lipinski definition) is 4. The van der Waals surface area contributed by atoms with Crippen LogP contribution in [0.5, 0.6) is 0 Å². The Morgan fingerprint density at radius 3 is 2.65 bits per heavy atom. The van der Waals surface area contributed by atoms with Crippen LogP contribution in [0, 0.1) is 6.92 Å². The summed E-state index contributed by atoms with van der Waals surface area (Å²) < 4.78 is 6.97. The fourth-order valence-corrected chi connectivity index (χ4v) is 3.66. The number of likely N-dealkylation sites (tertiary alicyclic amines) is 1. The summed E-state index contributed by atoms with van der Waals surface area (Å²) in [4.78, 5) is 31.6. The normalized spacial score (nSPS) is 15.4. The molecule has 0 aliphatic carbocycles. The van der Waals surface area contributed by atoms with Gasteiger partial charge in [0.15, 0.2) is 0 Å². The molecule has 1 aromatic carbocycles. The van der Waals surface area contributed by atoms with E-state index >= 15 is 0 Å². The predicted molar refractivity (Wildman–Crippen MR) is 102 cm³/mol. The van der Waals surface area contributed by atoms with Crippen molar-refractivity contribution in [2.24, 2.45) is 0 Å². The van der Waals surface area contributed by atoms with Crippen LogP contribution < -0.4 is 5.56 Å². The van der Waals surface area contributed by atoms with Gasteiger partial charge in [0.2, 0.25) is 0 Å². The Kier molecular flexibility index (Phi) is 5.59. The van der Waals surface area contributed by atoms with Crippen molar-refractivity contribution in [2.75, 3.05) is 19.7 Å². The molecular weight excluding hydrogens is 330 g/mol. The van der Waals surface area contributed by atoms with Gasteiger partial charge in [0.05, 0.1) is 17.5 Å². The largest absolute Gasteiger partial charge is 0.450 e. The SMILES string of the molecule is CCCc1nc2ccc(C)cc2c(=O)n1C1CCN(C(=O)OCC)CC1. The molecule has 26 heavy (non-hydrogen) atoms. The fourth-order valence-electron chi connectivity index (χ4n) is 3.66. The van der Waals surface area contributed by atoms with Crippen molar-refractivity contribution in [3.63, 3.8) is 0 Å². The Bertz CT molecular complexity index is 851. The molecule has 1 aliphatic heterocycles. The van der Waals surface area contributed by atoms with Gasteiger partial charge in [0, 0.05) is 25.6 Å². The van der Waals surface area contributed by atoms with Gasteiger partial charge >= 0.3 is 6.09 Å². The number of piperidine rings is 1. The molecule has 140 valence electrons. The first-order valence-electron chi connectivity index (χ1n) is 9.48. The molecule has 2 aromatic rings. The van der Waals surface area contributed by atoms with Crippen LogP contribution >= 0.6 is 0 Å². The topological polar surface area (TPSA) is 64.4 Å². The number of hydrogen-bond donors (Lipinski definition) is 0. The van der Waals surface area contributed by atoms with Crippen LogP contribution in [0.25, 0.3) is 10.9 Å². The van der Waals surface area contributed by atoms with E-state index in [2.05, 4.69) is 6.92 Å². The average Bonchev–Trinajstić information content (AvgIpc) is 2.63. The van der Waals surface area contributed by atoms with Crippen LogP contribution in [0.3, 0.4) is 0 Å². The average molecular weight is 357 g/mol. The van der Waals surface area contributed by atoms with Crippen LogP contribution in [0.15, 0.2) is 23.0 Å². The molecule has 0 bridgehead atoms. The lowest BCUT2D eigenvalue weighted by Gasteiger charge is -2.33. The van der Waals surface area contributed by atoms with E-state index in [0.29, 0.717) is 25.1 Å². The van der Waals surface area contributed by atoms with E-state index in [1.54, 1.807) is 4.90 Å². The third kappa shape index (κ3) is 3.59. The summed E-state index contributed by atoms with van der Waals surface area (Å²) in [5.74, 6) is 0.850. The maximum Gasteiger partial charge on any atom is 0.409 e. The summed E-state index contributed by atoms with van der Waals surface area (Å²) in [6.07, 6.45) is 2.94. The van der Waals surface area contributed by atoms with Crippen LogP contribution in [0.1, 0.15) is 50.5 Å². The molecule has 1 fully saturated rings. The minimum absolute atomic E-state index is 0.0386. The maximum atomic E-state index is 13.2. The predicted octanol–water partition coefficient (Wildman–Crippen LogP) is 3.45. The van der Waals surface area contributed by atoms with Gasteiger partial charge in [-0.15, -0.1) is 0 Å². The van der Waals surface area contributed by atoms with Crippen molar-refractivity contribution in [1.82, 2.24) is 14.5 Å². The number of nitrogens with zero attached hydrogens (tertiary/aromatic N) is 3. The van der Waals surface area contributed by atoms with Crippen molar-refractivity contribution in [3.8, 4) is 0 Å². The molecule has 0 spiro atoms. The van der Waals surface area contributed by atoms with E-state index in [0.717, 1.165) is 42.6 Å². The molecule has 6 nitrogen and oxygen atoms in total. The lowest BCUT2D eigenvalue weighted by atomic mass is 10.0. The Hall–Kier alpha value is -2.37. The van der Waals surface area contributed by atoms with Crippen molar-refractivity contribution in [3.05, 3.63) is 39.9 Å². The van der Waals surface area contributed by atoms with Gasteiger partial charge in [-0.05, 0) is 45.2 Å². The summed E-state index contributed by atoms with van der Waals surface area (Å²) >= 11 is 0. The monoisotopic (exact) mass is 357 g/mol. The van der Waals surface area contributed by atoms with Crippen molar-refractivity contribution in [1.29, 1.82) is 0 Å². The molecule has 2 heterocycles. The van der Waals surface area contributed by atoms with Gasteiger partial charge in [0.25, 0.3) is 5.56 Å². The summed E-state index contributed by atoms with van der Waals surface area (Å²) in [7, 11) is 0. The number of amides is 1. The van der Waals surface area contributed by atoms with Gasteiger partial charge in [-0.25, -0.2) is 9.78 Å². The molecule has 6 heteroatoms. The standard InChI is InChI=1S/C20H27N3O3/c1-4-6-18-21-17-8-7-14(3)13-16(17)19(24)23(18)15-9-11-22(12-10-15)20(25)26-5-2/h7-8,13,15H,4-6,9-12H2,1-3H3. The van der Waals surface area contributed by atoms with Gasteiger partial charge in [0.1, 0.15) is 5.82 Å². The van der Waals surface area contributed by atoms with Gasteiger partial charge in [-0.2, -0.15) is 0 Å². The molecule has 0 saturated carbocycles. The molecule has 1 aromatic heterocycles. The van der Waals surface area contributed by atoms with Crippen LogP contribution in [0.2, 0.25) is 0 Å². The summed E-state index contributed by atoms with van der Waals surface area (Å²) in [6.45, 7) is 7.48. The minimum Gasteiger partial charge on any atom is -0.450 e. The van der Waals surface area contributed by atoms with E-state index in [1.165, 1.54) is 0 Å². The zero-order chi connectivity index (χ0) is 18.7. The second-order valence-corrected chi connectivity index (χ2v) is 6.89. The summed E-state index contributed by atoms with van der Waals surface area (Å²) in [5, 5.41) is 0.678. The lowest BCUT2D eigenvalue weighted by Crippen LogP contribution is -2.42. The van der Waals surface area contributed by atoms with E-state index in [1.807, 2.05) is 36.6 Å². The molecule has 1 amide bonds. The Morgan fingerprint density at radius 1 is 1.27 bits per heavy atom. The molecular formula is C20H27N3O3. The van der Waals surface area contributed by atoms with E-state index in [9.17, 15) is 9.59 Å². The molecule has 0 N–H and O–H groups in total. The van der Waals surface area contributed by atoms with E-state index < -0.39 is 0 Å². The highest BCUT2D eigenvalue weighted by Gasteiger charge is 2.27. The molecule has 0 radical (unpaired) electrons. The number of carbonyl (C=O) groups is 1. The lowest BCUT2D eigenvalue weighted by molar-refractivity contribution is 0.0921. The summed E-state index contributed by atoms with van der Waals surface area (Å²) in [6, 6.07) is 5.92. The third-order valence-electron chi connectivity index (χ3n) is 4.96. The Labute approximate surface area is 153 Å². The highest BCUT2D eigenvalue weighted by atomic mass is 16.6. The highest BCUT2D eigenvalue weighted by Crippen LogP contribution is 2.24. The zero-order valence-electron chi connectivity index (χ0n) is 15.8. The number of benzene rings is 1. The molecule has 1 aliphatic rings. The molecule has 0 atom stereocenters. The van der Waals surface area contributed by atoms with Crippen LogP contribution in [-0.4, -0.2) is 40.2 Å². The smallest absolute Gasteiger partial charge is 0.409 e. The number of rotatable bonds is 4. The Morgan fingerprint density at radius 2 is 2.00 bits per heavy atom. The quantitative estimate of drug-likeness (QED) is 0.841. The Balaban J connectivity index is 1.94. The number of carbonyl (C=O) groups excluding carboxylic acids is 1. The first-order chi connectivity index (χ1) is 12.5. The first kappa shape index (κ1) is 18.4. The van der Waals surface area contributed by atoms with Crippen LogP contribution in [-0.2, 0) is 11.2 Å². The van der Waals surface area contributed by atoms with Crippen molar-refractivity contribution in [2.45, 2.75) is 52.5 Å². The summed E-state index contributed by atoms with van der Waals surface area (Å²) in [5.41, 5.74) is 1.87. The molecule has 0 unspecified atom stereocenters. The fraction of sp³-hybridized carbons (Fsp3) is 0.550. The van der Waals surface area contributed by atoms with Crippen LogP contribution in [0.4, 0.5) is 4.79 Å². The maximum absolute atomic E-state index is 13.2. The van der Waals surface area contributed by atoms with Gasteiger partial charge < -0.3 is 9.64 Å². The van der Waals surface area contributed by atoms with Crippen molar-refractivity contribution < 1.29 is 9.53 Å². The highest BCUT2D eigenvalue weighted by molar-refractivity contribution is 5.78. The second-order valence-electron chi connectivity index (χ2n) is 6.89. The molecule has 3 rings (SSSR count). The van der Waals surface area contributed by atoms with Gasteiger partial charge in [-0.1, -0.05) is 18.6 Å². The number of ether oxygens (including phenoxy) is 1. The molecule has 1 saturated heterocycles. The number of aromatic nitrogens is 2. The van der Waals surface area contributed by atoms with Gasteiger partial charge in [-0.3, -0.25) is 9.36 Å². The number of fused-ring (bicyclic) bond motifs is 1. The second kappa shape index (κ2) is 7.89. The van der Waals surface area contributed by atoms with E-state index in [4.69, 9.17) is 9.72 Å². The minimum atomic E-state index is -0.265.